The Morgan fingerprint density at radius 3 is 2.39 bits per heavy atom. The van der Waals surface area contributed by atoms with Crippen molar-refractivity contribution < 1.29 is 17.6 Å². The lowest BCUT2D eigenvalue weighted by atomic mass is 10.2. The first-order valence-electron chi connectivity index (χ1n) is 5.33. The van der Waals surface area contributed by atoms with Crippen molar-refractivity contribution in [2.24, 2.45) is 4.99 Å². The quantitative estimate of drug-likeness (QED) is 0.661. The van der Waals surface area contributed by atoms with Crippen LogP contribution >= 0.6 is 11.8 Å². The standard InChI is InChI=1S/C11H10F4N2S/c1-2-5-4-18-11(16-5)17-10-8(14)6(12)3-7(13)9(10)15/h3,5H,2,4H2,1H3,(H,16,17). The van der Waals surface area contributed by atoms with Crippen LogP contribution in [0.5, 0.6) is 0 Å². The molecule has 1 aromatic carbocycles. The maximum atomic E-state index is 13.4. The first-order valence-corrected chi connectivity index (χ1v) is 6.32. The minimum Gasteiger partial charge on any atom is -0.330 e. The molecule has 0 radical (unpaired) electrons. The summed E-state index contributed by atoms with van der Waals surface area (Å²) < 4.78 is 52.7. The molecule has 1 heterocycles. The maximum Gasteiger partial charge on any atom is 0.185 e. The Morgan fingerprint density at radius 1 is 1.28 bits per heavy atom. The zero-order valence-electron chi connectivity index (χ0n) is 9.44. The fourth-order valence-corrected chi connectivity index (χ4v) is 2.54. The third kappa shape index (κ3) is 2.45. The molecule has 98 valence electrons. The van der Waals surface area contributed by atoms with Crippen LogP contribution in [0.25, 0.3) is 0 Å². The zero-order valence-corrected chi connectivity index (χ0v) is 10.3. The molecule has 7 heteroatoms. The average molecular weight is 278 g/mol. The highest BCUT2D eigenvalue weighted by Crippen LogP contribution is 2.27. The fraction of sp³-hybridized carbons (Fsp3) is 0.364. The second-order valence-electron chi connectivity index (χ2n) is 3.78. The third-order valence-corrected chi connectivity index (χ3v) is 3.56. The van der Waals surface area contributed by atoms with Crippen LogP contribution in [0.2, 0.25) is 0 Å². The van der Waals surface area contributed by atoms with Crippen LogP contribution < -0.4 is 5.32 Å². The Hall–Kier alpha value is -1.24. The predicted octanol–water partition coefficient (Wildman–Crippen LogP) is 3.54. The molecule has 1 atom stereocenters. The second kappa shape index (κ2) is 5.17. The molecule has 0 bridgehead atoms. The third-order valence-electron chi connectivity index (χ3n) is 2.53. The van der Waals surface area contributed by atoms with Crippen LogP contribution in [0, 0.1) is 23.3 Å². The lowest BCUT2D eigenvalue weighted by Gasteiger charge is -2.08. The van der Waals surface area contributed by atoms with E-state index in [9.17, 15) is 17.6 Å². The molecule has 0 saturated carbocycles. The van der Waals surface area contributed by atoms with E-state index >= 15 is 0 Å². The van der Waals surface area contributed by atoms with E-state index in [2.05, 4.69) is 10.3 Å². The molecule has 2 rings (SSSR count). The van der Waals surface area contributed by atoms with Gasteiger partial charge in [0, 0.05) is 11.8 Å². The summed E-state index contributed by atoms with van der Waals surface area (Å²) in [7, 11) is 0. The number of halogens is 4. The van der Waals surface area contributed by atoms with Crippen LogP contribution in [0.1, 0.15) is 13.3 Å². The van der Waals surface area contributed by atoms with Gasteiger partial charge in [0.05, 0.1) is 6.04 Å². The lowest BCUT2D eigenvalue weighted by molar-refractivity contribution is 0.459. The van der Waals surface area contributed by atoms with E-state index in [0.717, 1.165) is 6.42 Å². The second-order valence-corrected chi connectivity index (χ2v) is 4.78. The summed E-state index contributed by atoms with van der Waals surface area (Å²) in [5, 5.41) is 2.57. The van der Waals surface area contributed by atoms with Gasteiger partial charge in [-0.1, -0.05) is 18.7 Å². The van der Waals surface area contributed by atoms with E-state index in [1.54, 1.807) is 0 Å². The Morgan fingerprint density at radius 2 is 1.89 bits per heavy atom. The van der Waals surface area contributed by atoms with Crippen LogP contribution in [0.3, 0.4) is 0 Å². The summed E-state index contributed by atoms with van der Waals surface area (Å²) in [6.07, 6.45) is 0.792. The Labute approximate surface area is 105 Å². The van der Waals surface area contributed by atoms with Gasteiger partial charge >= 0.3 is 0 Å². The van der Waals surface area contributed by atoms with Crippen molar-refractivity contribution in [3.05, 3.63) is 29.3 Å². The summed E-state index contributed by atoms with van der Waals surface area (Å²) in [6.45, 7) is 1.93. The van der Waals surface area contributed by atoms with Crippen molar-refractivity contribution >= 4 is 22.6 Å². The molecule has 1 aliphatic rings. The number of hydrogen-bond donors (Lipinski definition) is 1. The molecular weight excluding hydrogens is 268 g/mol. The average Bonchev–Trinajstić information content (AvgIpc) is 2.80. The highest BCUT2D eigenvalue weighted by Gasteiger charge is 2.23. The van der Waals surface area contributed by atoms with Gasteiger partial charge in [-0.25, -0.2) is 17.6 Å². The van der Waals surface area contributed by atoms with Gasteiger partial charge in [0.1, 0.15) is 5.69 Å². The lowest BCUT2D eigenvalue weighted by Crippen LogP contribution is -2.11. The van der Waals surface area contributed by atoms with Crippen molar-refractivity contribution in [3.63, 3.8) is 0 Å². The summed E-state index contributed by atoms with van der Waals surface area (Å²) in [5.41, 5.74) is -0.837. The molecule has 0 aliphatic carbocycles. The van der Waals surface area contributed by atoms with Crippen molar-refractivity contribution in [1.29, 1.82) is 0 Å². The maximum absolute atomic E-state index is 13.4. The molecule has 1 N–H and O–H groups in total. The van der Waals surface area contributed by atoms with Gasteiger partial charge in [0.25, 0.3) is 0 Å². The number of anilines is 1. The van der Waals surface area contributed by atoms with Gasteiger partial charge in [-0.2, -0.15) is 0 Å². The Kier molecular flexibility index (Phi) is 3.79. The van der Waals surface area contributed by atoms with Crippen LogP contribution in [-0.2, 0) is 0 Å². The molecule has 1 unspecified atom stereocenters. The number of aliphatic imine (C=N–C) groups is 1. The summed E-state index contributed by atoms with van der Waals surface area (Å²) in [5.74, 6) is -5.09. The van der Waals surface area contributed by atoms with Crippen LogP contribution in [-0.4, -0.2) is 17.0 Å². The van der Waals surface area contributed by atoms with Crippen molar-refractivity contribution in [2.75, 3.05) is 11.1 Å². The van der Waals surface area contributed by atoms with Gasteiger partial charge < -0.3 is 5.32 Å². The van der Waals surface area contributed by atoms with Gasteiger partial charge in [0.2, 0.25) is 0 Å². The molecule has 1 aliphatic heterocycles. The largest absolute Gasteiger partial charge is 0.330 e. The molecular formula is C11H10F4N2S. The monoisotopic (exact) mass is 278 g/mol. The molecule has 0 amide bonds. The molecule has 0 spiro atoms. The van der Waals surface area contributed by atoms with E-state index in [1.165, 1.54) is 11.8 Å². The molecule has 0 saturated heterocycles. The molecule has 0 aromatic heterocycles. The van der Waals surface area contributed by atoms with Gasteiger partial charge in [-0.3, -0.25) is 4.99 Å². The van der Waals surface area contributed by atoms with Gasteiger partial charge in [-0.15, -0.1) is 0 Å². The highest BCUT2D eigenvalue weighted by atomic mass is 32.2. The first kappa shape index (κ1) is 13.2. The normalized spacial score (nSPS) is 18.9. The molecule has 18 heavy (non-hydrogen) atoms. The summed E-state index contributed by atoms with van der Waals surface area (Å²) in [6, 6.07) is 0.232. The Balaban J connectivity index is 2.30. The number of nitrogens with one attached hydrogen (secondary N) is 1. The topological polar surface area (TPSA) is 24.4 Å². The number of amidine groups is 1. The van der Waals surface area contributed by atoms with E-state index in [4.69, 9.17) is 0 Å². The predicted molar refractivity (Wildman–Crippen MR) is 63.9 cm³/mol. The van der Waals surface area contributed by atoms with E-state index in [1.807, 2.05) is 6.92 Å². The van der Waals surface area contributed by atoms with E-state index in [-0.39, 0.29) is 17.3 Å². The van der Waals surface area contributed by atoms with Crippen molar-refractivity contribution in [1.82, 2.24) is 0 Å². The van der Waals surface area contributed by atoms with Gasteiger partial charge in [-0.05, 0) is 6.42 Å². The van der Waals surface area contributed by atoms with E-state index in [0.29, 0.717) is 5.75 Å². The minimum absolute atomic E-state index is 0.0574. The molecule has 0 fully saturated rings. The highest BCUT2D eigenvalue weighted by molar-refractivity contribution is 8.14. The van der Waals surface area contributed by atoms with Gasteiger partial charge in [0.15, 0.2) is 28.4 Å². The summed E-state index contributed by atoms with van der Waals surface area (Å²) in [4.78, 5) is 4.13. The number of rotatable bonds is 2. The summed E-state index contributed by atoms with van der Waals surface area (Å²) >= 11 is 1.26. The van der Waals surface area contributed by atoms with Crippen molar-refractivity contribution in [3.8, 4) is 0 Å². The number of benzene rings is 1. The number of nitrogens with zero attached hydrogens (tertiary/aromatic N) is 1. The van der Waals surface area contributed by atoms with Crippen molar-refractivity contribution in [2.45, 2.75) is 19.4 Å². The van der Waals surface area contributed by atoms with Crippen LogP contribution in [0.4, 0.5) is 23.2 Å². The molecule has 2 nitrogen and oxygen atoms in total. The molecule has 1 aromatic rings. The fourth-order valence-electron chi connectivity index (χ4n) is 1.48. The Bertz CT molecular complexity index is 478. The smallest absolute Gasteiger partial charge is 0.185 e. The van der Waals surface area contributed by atoms with E-state index < -0.39 is 29.0 Å². The SMILES string of the molecule is CCC1CSC(Nc2c(F)c(F)cc(F)c2F)=N1. The minimum atomic E-state index is -1.45. The number of thioether (sulfide) groups is 1. The number of hydrogen-bond acceptors (Lipinski definition) is 3. The zero-order chi connectivity index (χ0) is 13.3. The van der Waals surface area contributed by atoms with Crippen LogP contribution in [0.15, 0.2) is 11.1 Å². The first-order chi connectivity index (χ1) is 8.52.